The summed E-state index contributed by atoms with van der Waals surface area (Å²) in [6.45, 7) is 5.79. The molecule has 0 aromatic carbocycles. The van der Waals surface area contributed by atoms with E-state index in [1.165, 1.54) is 29.0 Å². The number of fused-ring (bicyclic) bond motifs is 1. The third kappa shape index (κ3) is 5.64. The maximum Gasteiger partial charge on any atom is 0.267 e. The van der Waals surface area contributed by atoms with E-state index < -0.39 is 0 Å². The number of primary amides is 1. The molecule has 4 rings (SSSR count). The fourth-order valence-electron chi connectivity index (χ4n) is 4.69. The van der Waals surface area contributed by atoms with E-state index in [1.54, 1.807) is 17.2 Å². The van der Waals surface area contributed by atoms with Gasteiger partial charge < -0.3 is 10.6 Å². The van der Waals surface area contributed by atoms with Gasteiger partial charge in [-0.05, 0) is 43.9 Å². The van der Waals surface area contributed by atoms with Crippen LogP contribution in [0.4, 0.5) is 5.82 Å². The molecule has 2 amide bonds. The number of pyridine rings is 1. The Labute approximate surface area is 220 Å². The summed E-state index contributed by atoms with van der Waals surface area (Å²) < 4.78 is 2.05. The molecule has 0 spiro atoms. The summed E-state index contributed by atoms with van der Waals surface area (Å²) in [6, 6.07) is 3.73. The SMILES string of the molecule is CCCCCCCN1C(=O)C(=Cc2c(N3CCC(C(N)=O)CC3)nc3ccc(C)cn3c2=O)SC1=S. The van der Waals surface area contributed by atoms with Crippen LogP contribution in [0.15, 0.2) is 28.0 Å². The maximum absolute atomic E-state index is 13.7. The van der Waals surface area contributed by atoms with E-state index >= 15 is 0 Å². The van der Waals surface area contributed by atoms with Gasteiger partial charge in [0.15, 0.2) is 0 Å². The number of unbranched alkanes of at least 4 members (excludes halogenated alkanes) is 4. The Balaban J connectivity index is 1.67. The number of thiocarbonyl (C=S) groups is 1. The molecule has 0 bridgehead atoms. The third-order valence-electron chi connectivity index (χ3n) is 6.82. The van der Waals surface area contributed by atoms with Crippen LogP contribution >= 0.6 is 24.0 Å². The highest BCUT2D eigenvalue weighted by Crippen LogP contribution is 2.34. The van der Waals surface area contributed by atoms with Crippen molar-refractivity contribution in [3.05, 3.63) is 44.7 Å². The highest BCUT2D eigenvalue weighted by Gasteiger charge is 2.33. The van der Waals surface area contributed by atoms with Gasteiger partial charge in [0.1, 0.15) is 15.8 Å². The van der Waals surface area contributed by atoms with Crippen LogP contribution in [0.3, 0.4) is 0 Å². The monoisotopic (exact) mass is 527 g/mol. The van der Waals surface area contributed by atoms with Crippen molar-refractivity contribution in [2.75, 3.05) is 24.5 Å². The van der Waals surface area contributed by atoms with Crippen LogP contribution in [0.25, 0.3) is 11.7 Å². The van der Waals surface area contributed by atoms with Crippen molar-refractivity contribution in [2.24, 2.45) is 11.7 Å². The fraction of sp³-hybridized carbons (Fsp3) is 0.500. The molecule has 0 aliphatic carbocycles. The number of aryl methyl sites for hydroxylation is 1. The highest BCUT2D eigenvalue weighted by molar-refractivity contribution is 8.26. The minimum atomic E-state index is -0.296. The summed E-state index contributed by atoms with van der Waals surface area (Å²) >= 11 is 6.74. The van der Waals surface area contributed by atoms with Gasteiger partial charge in [0.2, 0.25) is 5.91 Å². The van der Waals surface area contributed by atoms with Crippen LogP contribution in [0.5, 0.6) is 0 Å². The van der Waals surface area contributed by atoms with Crippen molar-refractivity contribution in [3.63, 3.8) is 0 Å². The molecule has 2 aliphatic heterocycles. The molecule has 2 fully saturated rings. The maximum atomic E-state index is 13.7. The fourth-order valence-corrected chi connectivity index (χ4v) is 5.98. The van der Waals surface area contributed by atoms with Gasteiger partial charge >= 0.3 is 0 Å². The number of nitrogens with two attached hydrogens (primary N) is 1. The smallest absolute Gasteiger partial charge is 0.267 e. The van der Waals surface area contributed by atoms with Crippen molar-refractivity contribution in [2.45, 2.75) is 58.8 Å². The van der Waals surface area contributed by atoms with Crippen LogP contribution < -0.4 is 16.2 Å². The largest absolute Gasteiger partial charge is 0.369 e. The number of amides is 2. The van der Waals surface area contributed by atoms with Gasteiger partial charge in [-0.15, -0.1) is 0 Å². The van der Waals surface area contributed by atoms with Crippen LogP contribution in [0, 0.1) is 12.8 Å². The lowest BCUT2D eigenvalue weighted by molar-refractivity contribution is -0.123. The zero-order valence-corrected chi connectivity index (χ0v) is 22.5. The molecule has 2 saturated heterocycles. The van der Waals surface area contributed by atoms with E-state index in [9.17, 15) is 14.4 Å². The van der Waals surface area contributed by atoms with Crippen LogP contribution in [-0.4, -0.2) is 50.1 Å². The Morgan fingerprint density at radius 2 is 1.92 bits per heavy atom. The number of nitrogens with zero attached hydrogens (tertiary/aromatic N) is 4. The van der Waals surface area contributed by atoms with Crippen molar-refractivity contribution in [3.8, 4) is 0 Å². The van der Waals surface area contributed by atoms with Crippen molar-refractivity contribution in [1.29, 1.82) is 0 Å². The number of hydrogen-bond acceptors (Lipinski definition) is 7. The van der Waals surface area contributed by atoms with E-state index in [0.29, 0.717) is 58.7 Å². The topological polar surface area (TPSA) is 101 Å². The first-order valence-electron chi connectivity index (χ1n) is 12.6. The second-order valence-electron chi connectivity index (χ2n) is 9.50. The molecule has 0 unspecified atom stereocenters. The number of rotatable bonds is 9. The first kappa shape index (κ1) is 26.3. The summed E-state index contributed by atoms with van der Waals surface area (Å²) in [6.07, 6.45) is 10.1. The van der Waals surface area contributed by atoms with E-state index in [2.05, 4.69) is 6.92 Å². The summed E-state index contributed by atoms with van der Waals surface area (Å²) in [5, 5.41) is 0. The van der Waals surface area contributed by atoms with Gasteiger partial charge in [0.25, 0.3) is 11.5 Å². The molecule has 4 heterocycles. The summed E-state index contributed by atoms with van der Waals surface area (Å²) in [5.41, 5.74) is 7.10. The van der Waals surface area contributed by atoms with Gasteiger partial charge in [0.05, 0.1) is 10.5 Å². The standard InChI is InChI=1S/C26H33N5O3S2/c1-3-4-5-6-7-12-30-25(34)20(36-26(30)35)15-19-23(29-13-10-18(11-14-29)22(27)32)28-21-9-8-17(2)16-31(21)24(19)33/h8-9,15-16,18H,3-7,10-14H2,1-2H3,(H2,27,32). The number of carbonyl (C=O) groups is 2. The first-order chi connectivity index (χ1) is 17.3. The number of piperidine rings is 1. The Morgan fingerprint density at radius 3 is 2.61 bits per heavy atom. The number of carbonyl (C=O) groups excluding carboxylic acids is 2. The van der Waals surface area contributed by atoms with Crippen LogP contribution in [0.2, 0.25) is 0 Å². The van der Waals surface area contributed by atoms with Crippen LogP contribution in [-0.2, 0) is 9.59 Å². The number of hydrogen-bond donors (Lipinski definition) is 1. The summed E-state index contributed by atoms with van der Waals surface area (Å²) in [4.78, 5) is 47.4. The predicted molar refractivity (Wildman–Crippen MR) is 149 cm³/mol. The first-order valence-corrected chi connectivity index (χ1v) is 13.8. The second-order valence-corrected chi connectivity index (χ2v) is 11.2. The van der Waals surface area contributed by atoms with Gasteiger partial charge in [-0.25, -0.2) is 4.98 Å². The van der Waals surface area contributed by atoms with Gasteiger partial charge in [-0.1, -0.05) is 62.7 Å². The van der Waals surface area contributed by atoms with Gasteiger partial charge in [-0.2, -0.15) is 0 Å². The average Bonchev–Trinajstić information content (AvgIpc) is 3.13. The summed E-state index contributed by atoms with van der Waals surface area (Å²) in [7, 11) is 0. The molecule has 2 aromatic heterocycles. The van der Waals surface area contributed by atoms with Crippen molar-refractivity contribution in [1.82, 2.24) is 14.3 Å². The minimum absolute atomic E-state index is 0.160. The Bertz CT molecular complexity index is 1260. The van der Waals surface area contributed by atoms with Gasteiger partial charge in [0, 0.05) is 31.7 Å². The van der Waals surface area contributed by atoms with Crippen molar-refractivity contribution < 1.29 is 9.59 Å². The quantitative estimate of drug-likeness (QED) is 0.300. The number of thioether (sulfide) groups is 1. The van der Waals surface area contributed by atoms with Crippen molar-refractivity contribution >= 4 is 57.7 Å². The Hall–Kier alpha value is -2.72. The summed E-state index contributed by atoms with van der Waals surface area (Å²) in [5.74, 6) is -0.109. The lowest BCUT2D eigenvalue weighted by Crippen LogP contribution is -2.40. The molecule has 0 radical (unpaired) electrons. The van der Waals surface area contributed by atoms with Crippen LogP contribution in [0.1, 0.15) is 63.0 Å². The minimum Gasteiger partial charge on any atom is -0.369 e. The Morgan fingerprint density at radius 1 is 1.19 bits per heavy atom. The molecule has 0 atom stereocenters. The van der Waals surface area contributed by atoms with E-state index in [-0.39, 0.29) is 23.3 Å². The third-order valence-corrected chi connectivity index (χ3v) is 8.19. The lowest BCUT2D eigenvalue weighted by Gasteiger charge is -2.32. The molecule has 0 saturated carbocycles. The molecule has 10 heteroatoms. The normalized spacial score (nSPS) is 18.1. The lowest BCUT2D eigenvalue weighted by atomic mass is 9.96. The molecule has 2 N–H and O–H groups in total. The number of anilines is 1. The molecule has 36 heavy (non-hydrogen) atoms. The second kappa shape index (κ2) is 11.6. The predicted octanol–water partition coefficient (Wildman–Crippen LogP) is 3.88. The molecule has 8 nitrogen and oxygen atoms in total. The molecule has 192 valence electrons. The molecule has 2 aliphatic rings. The van der Waals surface area contributed by atoms with E-state index in [0.717, 1.165) is 24.8 Å². The molecular weight excluding hydrogens is 494 g/mol. The van der Waals surface area contributed by atoms with Gasteiger partial charge in [-0.3, -0.25) is 23.7 Å². The van der Waals surface area contributed by atoms with E-state index in [1.807, 2.05) is 24.0 Å². The molecule has 2 aromatic rings. The van der Waals surface area contributed by atoms with E-state index in [4.69, 9.17) is 22.9 Å². The zero-order valence-electron chi connectivity index (χ0n) is 20.9. The Kier molecular flexibility index (Phi) is 8.46. The average molecular weight is 528 g/mol. The zero-order chi connectivity index (χ0) is 25.8. The molecular formula is C26H33N5O3S2. The number of aromatic nitrogens is 2. The highest BCUT2D eigenvalue weighted by atomic mass is 32.2.